The Morgan fingerprint density at radius 3 is 2.53 bits per heavy atom. The standard InChI is InChI=1S/C24H33N3O5/c1-24(2,3)32-21(29)15-16-9-11-26(12-10-16)17-5-4-6-18-22(17)31-14-13-27(18)19-7-8-20(28)25-23(19)30/h4-6,16,19H,7-15H2,1-3H3,(H,25,28,30)/t19-/m0/s1. The SMILES string of the molecule is CC(C)(C)OC(=O)CC1CCN(c2cccc3c2OCCN3[C@H]2CCC(=O)NC2=O)CC1. The van der Waals surface area contributed by atoms with E-state index in [2.05, 4.69) is 21.2 Å². The second-order valence-electron chi connectivity index (χ2n) is 9.86. The highest BCUT2D eigenvalue weighted by Crippen LogP contribution is 2.43. The minimum atomic E-state index is -0.452. The molecule has 4 rings (SSSR count). The van der Waals surface area contributed by atoms with Crippen LogP contribution in [0.25, 0.3) is 0 Å². The van der Waals surface area contributed by atoms with E-state index in [0.29, 0.717) is 38.3 Å². The minimum Gasteiger partial charge on any atom is -0.487 e. The molecule has 32 heavy (non-hydrogen) atoms. The van der Waals surface area contributed by atoms with Crippen LogP contribution in [0.15, 0.2) is 18.2 Å². The number of para-hydroxylation sites is 1. The molecule has 3 aliphatic rings. The summed E-state index contributed by atoms with van der Waals surface area (Å²) in [6.45, 7) is 8.47. The van der Waals surface area contributed by atoms with Crippen molar-refractivity contribution in [2.24, 2.45) is 5.92 Å². The molecule has 8 nitrogen and oxygen atoms in total. The molecule has 0 aliphatic carbocycles. The van der Waals surface area contributed by atoms with Gasteiger partial charge in [-0.2, -0.15) is 0 Å². The second kappa shape index (κ2) is 9.00. The van der Waals surface area contributed by atoms with Gasteiger partial charge in [0.1, 0.15) is 18.2 Å². The third-order valence-corrected chi connectivity index (χ3v) is 6.28. The van der Waals surface area contributed by atoms with Crippen molar-refractivity contribution in [1.82, 2.24) is 5.32 Å². The molecule has 1 atom stereocenters. The Kier molecular flexibility index (Phi) is 6.31. The van der Waals surface area contributed by atoms with Crippen molar-refractivity contribution >= 4 is 29.2 Å². The molecule has 1 aromatic carbocycles. The highest BCUT2D eigenvalue weighted by Gasteiger charge is 2.36. The molecule has 174 valence electrons. The van der Waals surface area contributed by atoms with E-state index in [4.69, 9.17) is 9.47 Å². The number of hydrogen-bond acceptors (Lipinski definition) is 7. The number of piperidine rings is 2. The van der Waals surface area contributed by atoms with Gasteiger partial charge in [-0.1, -0.05) is 6.07 Å². The first-order chi connectivity index (χ1) is 15.2. The molecule has 3 heterocycles. The predicted octanol–water partition coefficient (Wildman–Crippen LogP) is 2.64. The first-order valence-corrected chi connectivity index (χ1v) is 11.5. The summed E-state index contributed by atoms with van der Waals surface area (Å²) in [6.07, 6.45) is 3.16. The molecule has 0 bridgehead atoms. The van der Waals surface area contributed by atoms with Gasteiger partial charge >= 0.3 is 5.97 Å². The average molecular weight is 444 g/mol. The molecule has 3 aliphatic heterocycles. The van der Waals surface area contributed by atoms with Crippen molar-refractivity contribution in [2.75, 3.05) is 36.0 Å². The number of anilines is 2. The summed E-state index contributed by atoms with van der Waals surface area (Å²) >= 11 is 0. The van der Waals surface area contributed by atoms with E-state index in [9.17, 15) is 14.4 Å². The fourth-order valence-corrected chi connectivity index (χ4v) is 4.80. The van der Waals surface area contributed by atoms with Gasteiger partial charge in [0, 0.05) is 25.9 Å². The topological polar surface area (TPSA) is 88.2 Å². The van der Waals surface area contributed by atoms with Crippen LogP contribution < -0.4 is 19.9 Å². The Labute approximate surface area is 189 Å². The molecular weight excluding hydrogens is 410 g/mol. The molecule has 0 unspecified atom stereocenters. The molecule has 0 spiro atoms. The summed E-state index contributed by atoms with van der Waals surface area (Å²) in [5, 5.41) is 2.46. The first kappa shape index (κ1) is 22.4. The van der Waals surface area contributed by atoms with E-state index >= 15 is 0 Å². The molecule has 1 aromatic rings. The maximum absolute atomic E-state index is 12.4. The van der Waals surface area contributed by atoms with Crippen molar-refractivity contribution < 1.29 is 23.9 Å². The van der Waals surface area contributed by atoms with Gasteiger partial charge in [0.05, 0.1) is 17.9 Å². The lowest BCUT2D eigenvalue weighted by atomic mass is 9.93. The lowest BCUT2D eigenvalue weighted by molar-refractivity contribution is -0.156. The van der Waals surface area contributed by atoms with Crippen molar-refractivity contribution in [3.05, 3.63) is 18.2 Å². The van der Waals surface area contributed by atoms with Crippen molar-refractivity contribution in [1.29, 1.82) is 0 Å². The number of nitrogens with one attached hydrogen (secondary N) is 1. The highest BCUT2D eigenvalue weighted by molar-refractivity contribution is 6.02. The Bertz CT molecular complexity index is 886. The van der Waals surface area contributed by atoms with Crippen molar-refractivity contribution in [3.8, 4) is 5.75 Å². The molecule has 0 radical (unpaired) electrons. The van der Waals surface area contributed by atoms with Crippen molar-refractivity contribution in [3.63, 3.8) is 0 Å². The van der Waals surface area contributed by atoms with Crippen LogP contribution in [0.5, 0.6) is 5.75 Å². The number of hydrogen-bond donors (Lipinski definition) is 1. The van der Waals surface area contributed by atoms with Crippen LogP contribution in [0, 0.1) is 5.92 Å². The third kappa shape index (κ3) is 5.00. The molecule has 2 saturated heterocycles. The van der Waals surface area contributed by atoms with E-state index in [0.717, 1.165) is 43.1 Å². The fraction of sp³-hybridized carbons (Fsp3) is 0.625. The number of amides is 2. The number of nitrogens with zero attached hydrogens (tertiary/aromatic N) is 2. The molecule has 2 fully saturated rings. The monoisotopic (exact) mass is 443 g/mol. The van der Waals surface area contributed by atoms with Gasteiger partial charge in [-0.3, -0.25) is 19.7 Å². The van der Waals surface area contributed by atoms with Gasteiger partial charge < -0.3 is 19.3 Å². The Morgan fingerprint density at radius 1 is 1.12 bits per heavy atom. The molecule has 0 aromatic heterocycles. The third-order valence-electron chi connectivity index (χ3n) is 6.28. The van der Waals surface area contributed by atoms with E-state index in [-0.39, 0.29) is 23.8 Å². The quantitative estimate of drug-likeness (QED) is 0.565. The van der Waals surface area contributed by atoms with E-state index in [1.165, 1.54) is 0 Å². The summed E-state index contributed by atoms with van der Waals surface area (Å²) < 4.78 is 11.6. The number of imide groups is 1. The van der Waals surface area contributed by atoms with Crippen LogP contribution >= 0.6 is 0 Å². The van der Waals surface area contributed by atoms with Crippen LogP contribution in [0.2, 0.25) is 0 Å². The lowest BCUT2D eigenvalue weighted by Gasteiger charge is -2.40. The van der Waals surface area contributed by atoms with Gasteiger partial charge in [-0.15, -0.1) is 0 Å². The first-order valence-electron chi connectivity index (χ1n) is 11.5. The molecule has 0 saturated carbocycles. The van der Waals surface area contributed by atoms with Crippen molar-refractivity contribution in [2.45, 2.75) is 64.5 Å². The maximum atomic E-state index is 12.4. The summed E-state index contributed by atoms with van der Waals surface area (Å²) in [6, 6.07) is 5.68. The van der Waals surface area contributed by atoms with E-state index in [1.54, 1.807) is 0 Å². The summed E-state index contributed by atoms with van der Waals surface area (Å²) in [5.74, 6) is 0.553. The maximum Gasteiger partial charge on any atom is 0.306 e. The lowest BCUT2D eigenvalue weighted by Crippen LogP contribution is -2.54. The summed E-state index contributed by atoms with van der Waals surface area (Å²) in [5.41, 5.74) is 1.47. The zero-order chi connectivity index (χ0) is 22.9. The van der Waals surface area contributed by atoms with Crippen LogP contribution in [0.1, 0.15) is 52.9 Å². The van der Waals surface area contributed by atoms with Gasteiger partial charge in [0.15, 0.2) is 5.75 Å². The van der Waals surface area contributed by atoms with E-state index < -0.39 is 5.60 Å². The number of ether oxygens (including phenoxy) is 2. The van der Waals surface area contributed by atoms with Gasteiger partial charge in [0.25, 0.3) is 0 Å². The zero-order valence-corrected chi connectivity index (χ0v) is 19.2. The van der Waals surface area contributed by atoms with Crippen LogP contribution in [0.4, 0.5) is 11.4 Å². The number of fused-ring (bicyclic) bond motifs is 1. The average Bonchev–Trinajstić information content (AvgIpc) is 2.72. The molecule has 1 N–H and O–H groups in total. The Balaban J connectivity index is 1.43. The highest BCUT2D eigenvalue weighted by atomic mass is 16.6. The van der Waals surface area contributed by atoms with Crippen LogP contribution in [-0.4, -0.2) is 55.7 Å². The fourth-order valence-electron chi connectivity index (χ4n) is 4.80. The largest absolute Gasteiger partial charge is 0.487 e. The minimum absolute atomic E-state index is 0.128. The number of carbonyl (C=O) groups excluding carboxylic acids is 3. The van der Waals surface area contributed by atoms with Gasteiger partial charge in [0.2, 0.25) is 11.8 Å². The van der Waals surface area contributed by atoms with Crippen LogP contribution in [-0.2, 0) is 19.1 Å². The number of benzene rings is 1. The smallest absolute Gasteiger partial charge is 0.306 e. The second-order valence-corrected chi connectivity index (χ2v) is 9.86. The van der Waals surface area contributed by atoms with Gasteiger partial charge in [-0.05, 0) is 58.1 Å². The van der Waals surface area contributed by atoms with Gasteiger partial charge in [-0.25, -0.2) is 0 Å². The molecule has 8 heteroatoms. The van der Waals surface area contributed by atoms with E-state index in [1.807, 2.05) is 32.9 Å². The normalized spacial score (nSPS) is 22.2. The number of carbonyl (C=O) groups is 3. The molecular formula is C24H33N3O5. The summed E-state index contributed by atoms with van der Waals surface area (Å²) in [7, 11) is 0. The Hall–Kier alpha value is -2.77. The molecule has 2 amide bonds. The number of rotatable bonds is 4. The summed E-state index contributed by atoms with van der Waals surface area (Å²) in [4.78, 5) is 40.6. The number of esters is 1. The predicted molar refractivity (Wildman–Crippen MR) is 121 cm³/mol. The van der Waals surface area contributed by atoms with Crippen LogP contribution in [0.3, 0.4) is 0 Å². The Morgan fingerprint density at radius 2 is 1.84 bits per heavy atom. The zero-order valence-electron chi connectivity index (χ0n) is 19.2.